The van der Waals surface area contributed by atoms with E-state index in [1.165, 1.54) is 19.2 Å². The first-order valence-corrected chi connectivity index (χ1v) is 8.09. The number of methoxy groups -OCH3 is 1. The summed E-state index contributed by atoms with van der Waals surface area (Å²) in [5.74, 6) is -0.587. The molecule has 0 aliphatic carbocycles. The van der Waals surface area contributed by atoms with Crippen LogP contribution in [0.1, 0.15) is 43.0 Å². The third kappa shape index (κ3) is 4.38. The van der Waals surface area contributed by atoms with Gasteiger partial charge in [0.1, 0.15) is 5.75 Å². The van der Waals surface area contributed by atoms with Gasteiger partial charge in [0.15, 0.2) is 0 Å². The Morgan fingerprint density at radius 1 is 1.08 bits per heavy atom. The van der Waals surface area contributed by atoms with Crippen LogP contribution >= 0.6 is 0 Å². The average Bonchev–Trinajstić information content (AvgIpc) is 2.53. The second-order valence-corrected chi connectivity index (χ2v) is 6.11. The Hall–Kier alpha value is -2.82. The molecule has 0 unspecified atom stereocenters. The monoisotopic (exact) mass is 341 g/mol. The van der Waals surface area contributed by atoms with Gasteiger partial charge in [-0.1, -0.05) is 23.8 Å². The van der Waals surface area contributed by atoms with Gasteiger partial charge in [-0.3, -0.25) is 4.79 Å². The summed E-state index contributed by atoms with van der Waals surface area (Å²) in [4.78, 5) is 23.5. The predicted molar refractivity (Wildman–Crippen MR) is 96.6 cm³/mol. The number of benzene rings is 2. The highest BCUT2D eigenvalue weighted by atomic mass is 16.5. The van der Waals surface area contributed by atoms with Crippen LogP contribution in [0.3, 0.4) is 0 Å². The zero-order chi connectivity index (χ0) is 18.6. The third-order valence-corrected chi connectivity index (χ3v) is 4.12. The van der Waals surface area contributed by atoms with E-state index < -0.39 is 5.97 Å². The fourth-order valence-electron chi connectivity index (χ4n) is 3.02. The molecule has 0 bridgehead atoms. The van der Waals surface area contributed by atoms with Gasteiger partial charge in [0.05, 0.1) is 12.7 Å². The maximum atomic E-state index is 12.5. The first-order valence-electron chi connectivity index (χ1n) is 8.09. The first-order chi connectivity index (χ1) is 11.8. The molecular weight excluding hydrogens is 318 g/mol. The Bertz CT molecular complexity index is 788. The molecule has 0 fully saturated rings. The summed E-state index contributed by atoms with van der Waals surface area (Å²) in [6, 6.07) is 8.74. The summed E-state index contributed by atoms with van der Waals surface area (Å²) in [6.45, 7) is 6.31. The second kappa shape index (κ2) is 7.83. The summed E-state index contributed by atoms with van der Waals surface area (Å²) >= 11 is 0. The molecule has 2 rings (SSSR count). The fraction of sp³-hybridized carbons (Fsp3) is 0.300. The molecule has 0 saturated heterocycles. The first kappa shape index (κ1) is 18.5. The number of hydrogen-bond acceptors (Lipinski definition) is 3. The molecule has 0 aliphatic heterocycles. The van der Waals surface area contributed by atoms with Crippen LogP contribution in [0.5, 0.6) is 5.75 Å². The number of carbonyl (C=O) groups excluding carboxylic acids is 1. The molecule has 5 heteroatoms. The molecule has 0 saturated carbocycles. The van der Waals surface area contributed by atoms with Gasteiger partial charge in [0.2, 0.25) is 0 Å². The van der Waals surface area contributed by atoms with Gasteiger partial charge < -0.3 is 15.2 Å². The molecule has 25 heavy (non-hydrogen) atoms. The summed E-state index contributed by atoms with van der Waals surface area (Å²) in [7, 11) is 1.50. The SMILES string of the molecule is COc1cc(C(=O)O)ccc1CCNC(=O)c1c(C)cc(C)cc1C. The van der Waals surface area contributed by atoms with Crippen molar-refractivity contribution in [2.45, 2.75) is 27.2 Å². The van der Waals surface area contributed by atoms with Gasteiger partial charge in [-0.25, -0.2) is 4.79 Å². The molecular formula is C20H23NO4. The van der Waals surface area contributed by atoms with Gasteiger partial charge in [-0.2, -0.15) is 0 Å². The number of amides is 1. The fourth-order valence-corrected chi connectivity index (χ4v) is 3.02. The molecule has 132 valence electrons. The lowest BCUT2D eigenvalue weighted by molar-refractivity contribution is 0.0696. The van der Waals surface area contributed by atoms with Crippen molar-refractivity contribution in [1.29, 1.82) is 0 Å². The molecule has 2 N–H and O–H groups in total. The summed E-state index contributed by atoms with van der Waals surface area (Å²) in [6.07, 6.45) is 0.554. The number of ether oxygens (including phenoxy) is 1. The lowest BCUT2D eigenvalue weighted by Crippen LogP contribution is -2.27. The van der Waals surface area contributed by atoms with Crippen LogP contribution in [0.2, 0.25) is 0 Å². The number of carboxylic acid groups (broad SMARTS) is 1. The number of aryl methyl sites for hydroxylation is 3. The maximum absolute atomic E-state index is 12.5. The normalized spacial score (nSPS) is 10.4. The Kier molecular flexibility index (Phi) is 5.80. The van der Waals surface area contributed by atoms with E-state index in [0.717, 1.165) is 22.3 Å². The van der Waals surface area contributed by atoms with Gasteiger partial charge in [0, 0.05) is 12.1 Å². The molecule has 5 nitrogen and oxygen atoms in total. The summed E-state index contributed by atoms with van der Waals surface area (Å²) < 4.78 is 5.25. The van der Waals surface area contributed by atoms with Crippen molar-refractivity contribution < 1.29 is 19.4 Å². The van der Waals surface area contributed by atoms with E-state index in [-0.39, 0.29) is 11.5 Å². The van der Waals surface area contributed by atoms with Crippen LogP contribution < -0.4 is 10.1 Å². The molecule has 0 spiro atoms. The largest absolute Gasteiger partial charge is 0.496 e. The Morgan fingerprint density at radius 2 is 1.72 bits per heavy atom. The quantitative estimate of drug-likeness (QED) is 0.845. The highest BCUT2D eigenvalue weighted by molar-refractivity contribution is 5.97. The molecule has 2 aromatic carbocycles. The van der Waals surface area contributed by atoms with Crippen molar-refractivity contribution in [3.63, 3.8) is 0 Å². The molecule has 0 heterocycles. The Balaban J connectivity index is 2.06. The minimum atomic E-state index is -0.997. The van der Waals surface area contributed by atoms with Crippen molar-refractivity contribution in [3.05, 3.63) is 63.7 Å². The highest BCUT2D eigenvalue weighted by Gasteiger charge is 2.13. The number of carboxylic acids is 1. The minimum Gasteiger partial charge on any atom is -0.496 e. The number of aromatic carboxylic acids is 1. The average molecular weight is 341 g/mol. The Morgan fingerprint density at radius 3 is 2.28 bits per heavy atom. The summed E-state index contributed by atoms with van der Waals surface area (Å²) in [5, 5.41) is 12.0. The van der Waals surface area contributed by atoms with Crippen molar-refractivity contribution >= 4 is 11.9 Å². The molecule has 1 amide bonds. The number of rotatable bonds is 6. The molecule has 0 aromatic heterocycles. The second-order valence-electron chi connectivity index (χ2n) is 6.11. The topological polar surface area (TPSA) is 75.6 Å². The van der Waals surface area contributed by atoms with E-state index in [0.29, 0.717) is 24.3 Å². The minimum absolute atomic E-state index is 0.101. The van der Waals surface area contributed by atoms with E-state index in [4.69, 9.17) is 9.84 Å². The third-order valence-electron chi connectivity index (χ3n) is 4.12. The molecule has 2 aromatic rings. The molecule has 0 radical (unpaired) electrons. The van der Waals surface area contributed by atoms with E-state index in [1.54, 1.807) is 6.07 Å². The van der Waals surface area contributed by atoms with E-state index in [2.05, 4.69) is 5.32 Å². The maximum Gasteiger partial charge on any atom is 0.335 e. The zero-order valence-corrected chi connectivity index (χ0v) is 15.0. The molecule has 0 aliphatic rings. The van der Waals surface area contributed by atoms with Gasteiger partial charge in [-0.15, -0.1) is 0 Å². The van der Waals surface area contributed by atoms with Crippen LogP contribution in [0.4, 0.5) is 0 Å². The zero-order valence-electron chi connectivity index (χ0n) is 15.0. The van der Waals surface area contributed by atoms with Gasteiger partial charge in [0.25, 0.3) is 5.91 Å². The van der Waals surface area contributed by atoms with Crippen LogP contribution in [-0.2, 0) is 6.42 Å². The standard InChI is InChI=1S/C20H23NO4/c1-12-9-13(2)18(14(3)10-12)19(22)21-8-7-15-5-6-16(20(23)24)11-17(15)25-4/h5-6,9-11H,7-8H2,1-4H3,(H,21,22)(H,23,24). The highest BCUT2D eigenvalue weighted by Crippen LogP contribution is 2.21. The van der Waals surface area contributed by atoms with Crippen molar-refractivity contribution in [3.8, 4) is 5.75 Å². The van der Waals surface area contributed by atoms with Crippen molar-refractivity contribution in [2.24, 2.45) is 0 Å². The van der Waals surface area contributed by atoms with E-state index in [1.807, 2.05) is 32.9 Å². The van der Waals surface area contributed by atoms with Gasteiger partial charge in [-0.05, 0) is 56.0 Å². The Labute approximate surface area is 147 Å². The van der Waals surface area contributed by atoms with Crippen molar-refractivity contribution in [2.75, 3.05) is 13.7 Å². The lowest BCUT2D eigenvalue weighted by Gasteiger charge is -2.13. The number of nitrogens with one attached hydrogen (secondary N) is 1. The van der Waals surface area contributed by atoms with Crippen LogP contribution in [0.15, 0.2) is 30.3 Å². The van der Waals surface area contributed by atoms with Crippen LogP contribution in [-0.4, -0.2) is 30.6 Å². The number of hydrogen-bond donors (Lipinski definition) is 2. The predicted octanol–water partition coefficient (Wildman–Crippen LogP) is 3.29. The molecule has 0 atom stereocenters. The van der Waals surface area contributed by atoms with E-state index in [9.17, 15) is 9.59 Å². The van der Waals surface area contributed by atoms with Crippen LogP contribution in [0, 0.1) is 20.8 Å². The summed E-state index contributed by atoms with van der Waals surface area (Å²) in [5.41, 5.74) is 4.78. The lowest BCUT2D eigenvalue weighted by atomic mass is 9.99. The van der Waals surface area contributed by atoms with Crippen LogP contribution in [0.25, 0.3) is 0 Å². The van der Waals surface area contributed by atoms with E-state index >= 15 is 0 Å². The number of carbonyl (C=O) groups is 2. The smallest absolute Gasteiger partial charge is 0.335 e. The van der Waals surface area contributed by atoms with Crippen molar-refractivity contribution in [1.82, 2.24) is 5.32 Å². The van der Waals surface area contributed by atoms with Gasteiger partial charge >= 0.3 is 5.97 Å².